The van der Waals surface area contributed by atoms with Crippen LogP contribution in [0, 0.1) is 11.8 Å². The van der Waals surface area contributed by atoms with Crippen molar-refractivity contribution < 1.29 is 4.79 Å². The second-order valence-corrected chi connectivity index (χ2v) is 4.47. The van der Waals surface area contributed by atoms with Gasteiger partial charge in [0.2, 0.25) is 5.91 Å². The molecule has 1 aliphatic rings. The molecular weight excluding hydrogens is 224 g/mol. The number of rotatable bonds is 5. The van der Waals surface area contributed by atoms with E-state index in [2.05, 4.69) is 24.5 Å². The van der Waals surface area contributed by atoms with Gasteiger partial charge in [0, 0.05) is 12.5 Å². The summed E-state index contributed by atoms with van der Waals surface area (Å²) in [6.07, 6.45) is 4.39. The Balaban J connectivity index is 0.00000225. The van der Waals surface area contributed by atoms with Gasteiger partial charge >= 0.3 is 0 Å². The summed E-state index contributed by atoms with van der Waals surface area (Å²) in [5.41, 5.74) is 0. The van der Waals surface area contributed by atoms with E-state index in [-0.39, 0.29) is 24.2 Å². The molecule has 2 N–H and O–H groups in total. The summed E-state index contributed by atoms with van der Waals surface area (Å²) in [6.45, 7) is 7.20. The lowest BCUT2D eigenvalue weighted by Crippen LogP contribution is -2.39. The summed E-state index contributed by atoms with van der Waals surface area (Å²) in [5, 5.41) is 6.44. The molecule has 0 aromatic rings. The highest BCUT2D eigenvalue weighted by molar-refractivity contribution is 5.85. The minimum atomic E-state index is 0. The van der Waals surface area contributed by atoms with E-state index in [1.165, 1.54) is 12.8 Å². The fraction of sp³-hybridized carbons (Fsp3) is 0.917. The van der Waals surface area contributed by atoms with Gasteiger partial charge in [0.1, 0.15) is 0 Å². The van der Waals surface area contributed by atoms with E-state index in [0.29, 0.717) is 5.92 Å². The largest absolute Gasteiger partial charge is 0.356 e. The Morgan fingerprint density at radius 3 is 2.62 bits per heavy atom. The number of amides is 1. The monoisotopic (exact) mass is 248 g/mol. The fourth-order valence-corrected chi connectivity index (χ4v) is 2.15. The van der Waals surface area contributed by atoms with Crippen molar-refractivity contribution in [3.63, 3.8) is 0 Å². The first kappa shape index (κ1) is 15.7. The quantitative estimate of drug-likeness (QED) is 0.781. The van der Waals surface area contributed by atoms with Crippen LogP contribution in [-0.2, 0) is 4.79 Å². The smallest absolute Gasteiger partial charge is 0.223 e. The van der Waals surface area contributed by atoms with E-state index in [1.807, 2.05) is 0 Å². The van der Waals surface area contributed by atoms with Crippen LogP contribution in [0.5, 0.6) is 0 Å². The summed E-state index contributed by atoms with van der Waals surface area (Å²) in [5.74, 6) is 1.09. The fourth-order valence-electron chi connectivity index (χ4n) is 2.15. The molecule has 1 atom stereocenters. The Hall–Kier alpha value is -0.280. The third-order valence-electron chi connectivity index (χ3n) is 3.32. The summed E-state index contributed by atoms with van der Waals surface area (Å²) >= 11 is 0. The number of hydrogen-bond donors (Lipinski definition) is 2. The van der Waals surface area contributed by atoms with Crippen LogP contribution >= 0.6 is 12.4 Å². The first-order chi connectivity index (χ1) is 7.27. The second-order valence-electron chi connectivity index (χ2n) is 4.47. The van der Waals surface area contributed by atoms with Crippen LogP contribution in [0.15, 0.2) is 0 Å². The minimum absolute atomic E-state index is 0. The number of halogens is 1. The molecule has 1 heterocycles. The number of nitrogens with one attached hydrogen (secondary N) is 2. The zero-order chi connectivity index (χ0) is 11.1. The van der Waals surface area contributed by atoms with E-state index >= 15 is 0 Å². The zero-order valence-corrected chi connectivity index (χ0v) is 11.2. The van der Waals surface area contributed by atoms with Crippen molar-refractivity contribution in [2.45, 2.75) is 39.5 Å². The topological polar surface area (TPSA) is 41.1 Å². The normalized spacial score (nSPS) is 20.3. The summed E-state index contributed by atoms with van der Waals surface area (Å²) in [7, 11) is 0. The molecule has 1 fully saturated rings. The van der Waals surface area contributed by atoms with E-state index in [1.54, 1.807) is 0 Å². The van der Waals surface area contributed by atoms with Gasteiger partial charge in [-0.3, -0.25) is 4.79 Å². The van der Waals surface area contributed by atoms with Crippen molar-refractivity contribution in [3.8, 4) is 0 Å². The highest BCUT2D eigenvalue weighted by atomic mass is 35.5. The van der Waals surface area contributed by atoms with Crippen molar-refractivity contribution in [2.24, 2.45) is 11.8 Å². The van der Waals surface area contributed by atoms with E-state index in [4.69, 9.17) is 0 Å². The Morgan fingerprint density at radius 1 is 1.44 bits per heavy atom. The van der Waals surface area contributed by atoms with Crippen LogP contribution in [0.1, 0.15) is 39.5 Å². The molecule has 0 radical (unpaired) electrons. The summed E-state index contributed by atoms with van der Waals surface area (Å²) < 4.78 is 0. The lowest BCUT2D eigenvalue weighted by atomic mass is 9.98. The maximum atomic E-state index is 11.7. The van der Waals surface area contributed by atoms with E-state index in [0.717, 1.165) is 32.5 Å². The zero-order valence-electron chi connectivity index (χ0n) is 10.4. The third-order valence-corrected chi connectivity index (χ3v) is 3.32. The van der Waals surface area contributed by atoms with Gasteiger partial charge in [-0.05, 0) is 44.7 Å². The van der Waals surface area contributed by atoms with Crippen molar-refractivity contribution in [2.75, 3.05) is 19.6 Å². The van der Waals surface area contributed by atoms with Crippen LogP contribution in [0.2, 0.25) is 0 Å². The number of piperidine rings is 1. The molecule has 0 saturated carbocycles. The molecule has 0 aromatic carbocycles. The van der Waals surface area contributed by atoms with Crippen molar-refractivity contribution in [3.05, 3.63) is 0 Å². The minimum Gasteiger partial charge on any atom is -0.356 e. The van der Waals surface area contributed by atoms with Crippen LogP contribution in [0.3, 0.4) is 0 Å². The SMILES string of the molecule is CCC(CC)C(=O)NCC1CCCNC1.Cl. The van der Waals surface area contributed by atoms with E-state index < -0.39 is 0 Å². The van der Waals surface area contributed by atoms with Gasteiger partial charge in [0.05, 0.1) is 0 Å². The lowest BCUT2D eigenvalue weighted by Gasteiger charge is -2.23. The first-order valence-corrected chi connectivity index (χ1v) is 6.26. The maximum Gasteiger partial charge on any atom is 0.223 e. The average Bonchev–Trinajstić information content (AvgIpc) is 2.29. The number of hydrogen-bond acceptors (Lipinski definition) is 2. The predicted octanol–water partition coefficient (Wildman–Crippen LogP) is 1.96. The first-order valence-electron chi connectivity index (χ1n) is 6.26. The molecule has 0 spiro atoms. The average molecular weight is 249 g/mol. The predicted molar refractivity (Wildman–Crippen MR) is 69.9 cm³/mol. The van der Waals surface area contributed by atoms with Gasteiger partial charge in [0.15, 0.2) is 0 Å². The van der Waals surface area contributed by atoms with Crippen LogP contribution < -0.4 is 10.6 Å². The molecule has 1 saturated heterocycles. The van der Waals surface area contributed by atoms with Gasteiger partial charge in [-0.25, -0.2) is 0 Å². The number of carbonyl (C=O) groups is 1. The molecule has 1 aliphatic heterocycles. The highest BCUT2D eigenvalue weighted by Crippen LogP contribution is 2.10. The molecule has 1 amide bonds. The van der Waals surface area contributed by atoms with Crippen LogP contribution in [0.4, 0.5) is 0 Å². The van der Waals surface area contributed by atoms with Gasteiger partial charge in [-0.15, -0.1) is 12.4 Å². The molecule has 96 valence electrons. The van der Waals surface area contributed by atoms with Crippen molar-refractivity contribution >= 4 is 18.3 Å². The van der Waals surface area contributed by atoms with Crippen molar-refractivity contribution in [1.29, 1.82) is 0 Å². The Bertz CT molecular complexity index is 189. The Labute approximate surface area is 105 Å². The van der Waals surface area contributed by atoms with Crippen molar-refractivity contribution in [1.82, 2.24) is 10.6 Å². The summed E-state index contributed by atoms with van der Waals surface area (Å²) in [6, 6.07) is 0. The van der Waals surface area contributed by atoms with Crippen LogP contribution in [-0.4, -0.2) is 25.5 Å². The Kier molecular flexibility index (Phi) is 8.67. The molecule has 0 aliphatic carbocycles. The molecule has 1 unspecified atom stereocenters. The number of carbonyl (C=O) groups excluding carboxylic acids is 1. The molecule has 4 heteroatoms. The molecule has 16 heavy (non-hydrogen) atoms. The van der Waals surface area contributed by atoms with Crippen LogP contribution in [0.25, 0.3) is 0 Å². The maximum absolute atomic E-state index is 11.7. The molecule has 0 aromatic heterocycles. The molecule has 1 rings (SSSR count). The molecule has 0 bridgehead atoms. The van der Waals surface area contributed by atoms with Gasteiger partial charge < -0.3 is 10.6 Å². The highest BCUT2D eigenvalue weighted by Gasteiger charge is 2.17. The Morgan fingerprint density at radius 2 is 2.12 bits per heavy atom. The lowest BCUT2D eigenvalue weighted by molar-refractivity contribution is -0.125. The van der Waals surface area contributed by atoms with Gasteiger partial charge in [-0.1, -0.05) is 13.8 Å². The standard InChI is InChI=1S/C12H24N2O.ClH/c1-3-11(4-2)12(15)14-9-10-6-5-7-13-8-10;/h10-11,13H,3-9H2,1-2H3,(H,14,15);1H. The summed E-state index contributed by atoms with van der Waals surface area (Å²) in [4.78, 5) is 11.7. The van der Waals surface area contributed by atoms with Gasteiger partial charge in [-0.2, -0.15) is 0 Å². The molecule has 3 nitrogen and oxygen atoms in total. The van der Waals surface area contributed by atoms with E-state index in [9.17, 15) is 4.79 Å². The molecular formula is C12H25ClN2O. The van der Waals surface area contributed by atoms with Gasteiger partial charge in [0.25, 0.3) is 0 Å². The second kappa shape index (κ2) is 8.82. The third kappa shape index (κ3) is 5.17.